The minimum atomic E-state index is -4.49. The van der Waals surface area contributed by atoms with Crippen LogP contribution in [0.4, 0.5) is 13.2 Å². The van der Waals surface area contributed by atoms with Crippen LogP contribution in [0.3, 0.4) is 0 Å². The lowest BCUT2D eigenvalue weighted by Gasteiger charge is -2.34. The molecule has 0 atom stereocenters. The van der Waals surface area contributed by atoms with E-state index in [-0.39, 0.29) is 11.1 Å². The van der Waals surface area contributed by atoms with Crippen molar-refractivity contribution in [3.05, 3.63) is 75.8 Å². The number of alkyl halides is 3. The van der Waals surface area contributed by atoms with Crippen LogP contribution in [0.5, 0.6) is 0 Å². The molecule has 156 valence electrons. The third-order valence-electron chi connectivity index (χ3n) is 5.13. The van der Waals surface area contributed by atoms with Crippen molar-refractivity contribution in [1.82, 2.24) is 19.8 Å². The zero-order chi connectivity index (χ0) is 21.3. The average molecular weight is 416 g/mol. The fraction of sp³-hybridized carbons (Fsp3) is 0.286. The minimum absolute atomic E-state index is 0.0267. The molecule has 0 bridgehead atoms. The molecule has 1 aliphatic rings. The fourth-order valence-corrected chi connectivity index (χ4v) is 3.54. The number of H-pyrrole nitrogens is 1. The van der Waals surface area contributed by atoms with Gasteiger partial charge in [0.25, 0.3) is 11.5 Å². The normalized spacial score (nSPS) is 15.5. The highest BCUT2D eigenvalue weighted by molar-refractivity contribution is 5.94. The molecule has 2 aromatic carbocycles. The monoisotopic (exact) mass is 416 g/mol. The number of rotatable bonds is 3. The first kappa shape index (κ1) is 20.1. The van der Waals surface area contributed by atoms with Crippen LogP contribution < -0.4 is 5.56 Å². The zero-order valence-corrected chi connectivity index (χ0v) is 15.9. The van der Waals surface area contributed by atoms with Gasteiger partial charge in [-0.05, 0) is 30.3 Å². The summed E-state index contributed by atoms with van der Waals surface area (Å²) in [7, 11) is 0. The van der Waals surface area contributed by atoms with Crippen LogP contribution in [0, 0.1) is 0 Å². The second kappa shape index (κ2) is 7.91. The van der Waals surface area contributed by atoms with E-state index in [1.165, 1.54) is 12.1 Å². The van der Waals surface area contributed by atoms with Crippen LogP contribution in [0.25, 0.3) is 10.9 Å². The Morgan fingerprint density at radius 1 is 1.03 bits per heavy atom. The molecule has 1 saturated heterocycles. The molecule has 1 N–H and O–H groups in total. The SMILES string of the molecule is O=C(c1cccc(C(F)(F)F)c1)N1CCN(Cc2nc3ccccc3c(=O)[nH]2)CC1. The number of nitrogens with zero attached hydrogens (tertiary/aromatic N) is 3. The molecule has 3 aromatic rings. The molecule has 9 heteroatoms. The van der Waals surface area contributed by atoms with Crippen molar-refractivity contribution < 1.29 is 18.0 Å². The van der Waals surface area contributed by atoms with Crippen LogP contribution >= 0.6 is 0 Å². The van der Waals surface area contributed by atoms with Crippen molar-refractivity contribution in [2.45, 2.75) is 12.7 Å². The summed E-state index contributed by atoms with van der Waals surface area (Å²) < 4.78 is 38.7. The molecule has 6 nitrogen and oxygen atoms in total. The quantitative estimate of drug-likeness (QED) is 0.713. The lowest BCUT2D eigenvalue weighted by Crippen LogP contribution is -2.48. The average Bonchev–Trinajstić information content (AvgIpc) is 2.73. The third kappa shape index (κ3) is 4.20. The first-order chi connectivity index (χ1) is 14.3. The second-order valence-corrected chi connectivity index (χ2v) is 7.18. The lowest BCUT2D eigenvalue weighted by atomic mass is 10.1. The maximum Gasteiger partial charge on any atom is 0.416 e. The second-order valence-electron chi connectivity index (χ2n) is 7.18. The number of para-hydroxylation sites is 1. The van der Waals surface area contributed by atoms with Gasteiger partial charge in [-0.1, -0.05) is 18.2 Å². The number of aromatic amines is 1. The summed E-state index contributed by atoms with van der Waals surface area (Å²) in [5.74, 6) is 0.120. The van der Waals surface area contributed by atoms with Crippen molar-refractivity contribution in [3.8, 4) is 0 Å². The van der Waals surface area contributed by atoms with Gasteiger partial charge in [0, 0.05) is 31.7 Å². The Labute approximate surface area is 169 Å². The van der Waals surface area contributed by atoms with Gasteiger partial charge in [-0.15, -0.1) is 0 Å². The highest BCUT2D eigenvalue weighted by Gasteiger charge is 2.31. The van der Waals surface area contributed by atoms with E-state index in [2.05, 4.69) is 9.97 Å². The molecule has 0 spiro atoms. The Morgan fingerprint density at radius 2 is 1.77 bits per heavy atom. The largest absolute Gasteiger partial charge is 0.416 e. The van der Waals surface area contributed by atoms with Gasteiger partial charge in [-0.25, -0.2) is 4.98 Å². The van der Waals surface area contributed by atoms with Gasteiger partial charge in [0.1, 0.15) is 5.82 Å². The van der Waals surface area contributed by atoms with Gasteiger partial charge in [-0.3, -0.25) is 14.5 Å². The van der Waals surface area contributed by atoms with E-state index in [1.807, 2.05) is 11.0 Å². The number of aromatic nitrogens is 2. The van der Waals surface area contributed by atoms with Crippen molar-refractivity contribution in [2.24, 2.45) is 0 Å². The number of halogens is 3. The molecule has 1 aliphatic heterocycles. The van der Waals surface area contributed by atoms with Crippen molar-refractivity contribution in [2.75, 3.05) is 26.2 Å². The van der Waals surface area contributed by atoms with E-state index in [4.69, 9.17) is 0 Å². The van der Waals surface area contributed by atoms with Gasteiger partial charge in [0.15, 0.2) is 0 Å². The minimum Gasteiger partial charge on any atom is -0.336 e. The number of carbonyl (C=O) groups is 1. The van der Waals surface area contributed by atoms with E-state index in [1.54, 1.807) is 23.1 Å². The van der Waals surface area contributed by atoms with Gasteiger partial charge in [0.2, 0.25) is 0 Å². The molecule has 1 fully saturated rings. The summed E-state index contributed by atoms with van der Waals surface area (Å²) in [5, 5.41) is 0.526. The molecular formula is C21H19F3N4O2. The number of carbonyl (C=O) groups excluding carboxylic acids is 1. The number of fused-ring (bicyclic) bond motifs is 1. The summed E-state index contributed by atoms with van der Waals surface area (Å²) in [6, 6.07) is 11.6. The molecule has 2 heterocycles. The molecule has 1 aromatic heterocycles. The fourth-order valence-electron chi connectivity index (χ4n) is 3.54. The number of amides is 1. The molecule has 0 saturated carbocycles. The van der Waals surface area contributed by atoms with E-state index in [9.17, 15) is 22.8 Å². The Bertz CT molecular complexity index is 1130. The zero-order valence-electron chi connectivity index (χ0n) is 15.9. The molecule has 30 heavy (non-hydrogen) atoms. The molecule has 0 unspecified atom stereocenters. The summed E-state index contributed by atoms with van der Waals surface area (Å²) >= 11 is 0. The first-order valence-corrected chi connectivity index (χ1v) is 9.48. The van der Waals surface area contributed by atoms with Crippen LogP contribution in [0.15, 0.2) is 53.3 Å². The maximum atomic E-state index is 12.9. The molecule has 0 aliphatic carbocycles. The van der Waals surface area contributed by atoms with Crippen LogP contribution in [0.1, 0.15) is 21.7 Å². The van der Waals surface area contributed by atoms with Crippen molar-refractivity contribution in [1.29, 1.82) is 0 Å². The van der Waals surface area contributed by atoms with Crippen LogP contribution in [0.2, 0.25) is 0 Å². The van der Waals surface area contributed by atoms with E-state index < -0.39 is 17.6 Å². The van der Waals surface area contributed by atoms with Crippen molar-refractivity contribution >= 4 is 16.8 Å². The Kier molecular flexibility index (Phi) is 5.29. The van der Waals surface area contributed by atoms with Gasteiger partial charge < -0.3 is 9.88 Å². The highest BCUT2D eigenvalue weighted by Crippen LogP contribution is 2.29. The maximum absolute atomic E-state index is 12.9. The standard InChI is InChI=1S/C21H19F3N4O2/c22-21(23,24)15-5-3-4-14(12-15)20(30)28-10-8-27(9-11-28)13-18-25-17-7-2-1-6-16(17)19(29)26-18/h1-7,12H,8-11,13H2,(H,25,26,29). The topological polar surface area (TPSA) is 69.3 Å². The van der Waals surface area contributed by atoms with Crippen molar-refractivity contribution in [3.63, 3.8) is 0 Å². The molecule has 4 rings (SSSR count). The summed E-state index contributed by atoms with van der Waals surface area (Å²) in [6.45, 7) is 2.24. The first-order valence-electron chi connectivity index (χ1n) is 9.48. The van der Waals surface area contributed by atoms with Gasteiger partial charge in [0.05, 0.1) is 23.0 Å². The summed E-state index contributed by atoms with van der Waals surface area (Å²) in [4.78, 5) is 35.7. The van der Waals surface area contributed by atoms with Gasteiger partial charge >= 0.3 is 6.18 Å². The smallest absolute Gasteiger partial charge is 0.336 e. The number of benzene rings is 2. The highest BCUT2D eigenvalue weighted by atomic mass is 19.4. The summed E-state index contributed by atoms with van der Waals surface area (Å²) in [5.41, 5.74) is -0.388. The van der Waals surface area contributed by atoms with E-state index >= 15 is 0 Å². The van der Waals surface area contributed by atoms with Crippen LogP contribution in [-0.4, -0.2) is 51.9 Å². The molecule has 1 amide bonds. The predicted octanol–water partition coefficient (Wildman–Crippen LogP) is 2.90. The number of nitrogens with one attached hydrogen (secondary N) is 1. The predicted molar refractivity (Wildman–Crippen MR) is 105 cm³/mol. The van der Waals surface area contributed by atoms with E-state index in [0.717, 1.165) is 12.1 Å². The number of hydrogen-bond donors (Lipinski definition) is 1. The van der Waals surface area contributed by atoms with E-state index in [0.29, 0.717) is 49.5 Å². The van der Waals surface area contributed by atoms with Gasteiger partial charge in [-0.2, -0.15) is 13.2 Å². The Hall–Kier alpha value is -3.20. The Balaban J connectivity index is 1.41. The summed E-state index contributed by atoms with van der Waals surface area (Å²) in [6.07, 6.45) is -4.49. The van der Waals surface area contributed by atoms with Crippen LogP contribution in [-0.2, 0) is 12.7 Å². The number of hydrogen-bond acceptors (Lipinski definition) is 4. The molecule has 0 radical (unpaired) electrons. The number of piperazine rings is 1. The molecular weight excluding hydrogens is 397 g/mol. The third-order valence-corrected chi connectivity index (χ3v) is 5.13. The Morgan fingerprint density at radius 3 is 2.50 bits per heavy atom. The lowest BCUT2D eigenvalue weighted by molar-refractivity contribution is -0.137.